The molecule has 0 radical (unpaired) electrons. The number of ether oxygens (including phenoxy) is 1. The number of carbonyl (C=O) groups excluding carboxylic acids is 3. The molecule has 1 amide bonds. The van der Waals surface area contributed by atoms with Crippen LogP contribution in [0.5, 0.6) is 5.75 Å². The van der Waals surface area contributed by atoms with Crippen LogP contribution in [0.1, 0.15) is 22.8 Å². The second-order valence-corrected chi connectivity index (χ2v) is 10.3. The van der Waals surface area contributed by atoms with Crippen LogP contribution in [0.2, 0.25) is 0 Å². The first-order valence-corrected chi connectivity index (χ1v) is 10.8. The molecular formula is C22H23ClN2O9. The number of aliphatic hydroxyl groups is 4. The van der Waals surface area contributed by atoms with E-state index in [1.165, 1.54) is 44.1 Å². The maximum absolute atomic E-state index is 13.7. The van der Waals surface area contributed by atoms with Crippen molar-refractivity contribution >= 4 is 29.1 Å². The highest BCUT2D eigenvalue weighted by atomic mass is 35.5. The number of hydrogen-bond acceptors (Lipinski definition) is 10. The summed E-state index contributed by atoms with van der Waals surface area (Å²) in [5, 5.41) is 57.1. The lowest BCUT2D eigenvalue weighted by Gasteiger charge is -2.59. The summed E-state index contributed by atoms with van der Waals surface area (Å²) in [5.41, 5.74) is -0.775. The highest BCUT2D eigenvalue weighted by Crippen LogP contribution is 2.72. The van der Waals surface area contributed by atoms with Crippen molar-refractivity contribution in [2.24, 2.45) is 17.6 Å². The molecule has 5 rings (SSSR count). The molecule has 1 saturated heterocycles. The number of alkyl halides is 1. The van der Waals surface area contributed by atoms with E-state index in [0.717, 1.165) is 0 Å². The summed E-state index contributed by atoms with van der Waals surface area (Å²) in [6.07, 6.45) is -1.82. The largest absolute Gasteiger partial charge is 0.508 e. The zero-order valence-corrected chi connectivity index (χ0v) is 19.1. The molecule has 3 aliphatic carbocycles. The number of benzene rings is 1. The molecule has 12 heteroatoms. The topological polar surface area (TPSA) is 191 Å². The van der Waals surface area contributed by atoms with Gasteiger partial charge in [0.25, 0.3) is 5.91 Å². The monoisotopic (exact) mass is 494 g/mol. The smallest absolute Gasteiger partial charge is 0.255 e. The van der Waals surface area contributed by atoms with Gasteiger partial charge in [-0.2, -0.15) is 0 Å². The number of halogens is 1. The van der Waals surface area contributed by atoms with E-state index in [2.05, 4.69) is 0 Å². The number of amides is 1. The SMILES string of the molecule is CN(C)C1C(=O)C(C(N)=O)=C(O)C2(O)C1C(O)C1C3(C)OC2(O)C1(Cl)C(=O)c1c(O)cccc13. The predicted molar refractivity (Wildman–Crippen MR) is 114 cm³/mol. The molecule has 1 aromatic rings. The molecule has 7 N–H and O–H groups in total. The third-order valence-corrected chi connectivity index (χ3v) is 8.64. The number of fused-ring (bicyclic) bond motifs is 4. The number of nitrogens with two attached hydrogens (primary N) is 1. The molecular weight excluding hydrogens is 472 g/mol. The predicted octanol–water partition coefficient (Wildman–Crippen LogP) is -1.35. The van der Waals surface area contributed by atoms with Gasteiger partial charge in [-0.3, -0.25) is 19.3 Å². The zero-order chi connectivity index (χ0) is 25.3. The van der Waals surface area contributed by atoms with Gasteiger partial charge >= 0.3 is 0 Å². The lowest BCUT2D eigenvalue weighted by Crippen LogP contribution is -2.81. The average molecular weight is 495 g/mol. The molecule has 0 spiro atoms. The first kappa shape index (κ1) is 23.2. The second kappa shape index (κ2) is 6.36. The number of rotatable bonds is 2. The van der Waals surface area contributed by atoms with Crippen LogP contribution < -0.4 is 5.73 Å². The molecule has 182 valence electrons. The van der Waals surface area contributed by atoms with Crippen molar-refractivity contribution in [2.45, 2.75) is 40.9 Å². The molecule has 4 bridgehead atoms. The van der Waals surface area contributed by atoms with Crippen LogP contribution in [-0.4, -0.2) is 90.4 Å². The fourth-order valence-corrected chi connectivity index (χ4v) is 7.28. The van der Waals surface area contributed by atoms with Gasteiger partial charge in [-0.05, 0) is 32.6 Å². The Morgan fingerprint density at radius 1 is 1.21 bits per heavy atom. The molecule has 8 unspecified atom stereocenters. The number of carbonyl (C=O) groups is 3. The maximum atomic E-state index is 13.7. The molecule has 0 aromatic heterocycles. The standard InChI is InChI=1S/C22H23ClN2O9/c1-19-7-5-4-6-8(26)9(7)16(29)20(23)15(19)14(28)11-12(25(2)3)13(27)10(18(24)31)17(30)21(11,32)22(20,33)34-19/h4-6,11-12,14-15,26,28,30,32-33H,1-3H3,(H2,24,31). The number of Topliss-reactive ketones (excluding diaryl/α,β-unsaturated/α-hetero) is 2. The van der Waals surface area contributed by atoms with E-state index in [1.807, 2.05) is 0 Å². The van der Waals surface area contributed by atoms with Crippen LogP contribution >= 0.6 is 11.6 Å². The Morgan fingerprint density at radius 3 is 2.38 bits per heavy atom. The van der Waals surface area contributed by atoms with Gasteiger partial charge in [0.1, 0.15) is 22.7 Å². The van der Waals surface area contributed by atoms with Crippen LogP contribution in [0.15, 0.2) is 29.5 Å². The number of nitrogens with zero attached hydrogens (tertiary/aromatic N) is 1. The van der Waals surface area contributed by atoms with E-state index in [4.69, 9.17) is 22.1 Å². The van der Waals surface area contributed by atoms with Gasteiger partial charge in [-0.1, -0.05) is 12.1 Å². The van der Waals surface area contributed by atoms with Gasteiger partial charge in [-0.15, -0.1) is 11.6 Å². The number of phenolic OH excluding ortho intramolecular Hbond substituents is 1. The minimum Gasteiger partial charge on any atom is -0.508 e. The summed E-state index contributed by atoms with van der Waals surface area (Å²) in [5.74, 6) is -11.6. The van der Waals surface area contributed by atoms with Crippen molar-refractivity contribution in [1.29, 1.82) is 0 Å². The summed E-state index contributed by atoms with van der Waals surface area (Å²) in [6, 6.07) is 2.63. The van der Waals surface area contributed by atoms with Crippen LogP contribution in [0.25, 0.3) is 0 Å². The summed E-state index contributed by atoms with van der Waals surface area (Å²) < 4.78 is 5.95. The van der Waals surface area contributed by atoms with Crippen molar-refractivity contribution in [1.82, 2.24) is 4.90 Å². The molecule has 1 heterocycles. The minimum absolute atomic E-state index is 0.0855. The van der Waals surface area contributed by atoms with E-state index < -0.39 is 80.4 Å². The minimum atomic E-state index is -3.16. The van der Waals surface area contributed by atoms with E-state index in [0.29, 0.717) is 0 Å². The van der Waals surface area contributed by atoms with Crippen molar-refractivity contribution < 1.29 is 44.7 Å². The van der Waals surface area contributed by atoms with Crippen molar-refractivity contribution in [2.75, 3.05) is 14.1 Å². The van der Waals surface area contributed by atoms with Crippen molar-refractivity contribution in [3.8, 4) is 5.75 Å². The van der Waals surface area contributed by atoms with E-state index in [1.54, 1.807) is 0 Å². The van der Waals surface area contributed by atoms with Crippen LogP contribution in [0, 0.1) is 11.8 Å². The highest BCUT2D eigenvalue weighted by Gasteiger charge is 2.90. The van der Waals surface area contributed by atoms with E-state index in [-0.39, 0.29) is 11.1 Å². The van der Waals surface area contributed by atoms with Gasteiger partial charge < -0.3 is 36.0 Å². The van der Waals surface area contributed by atoms with Gasteiger partial charge in [0.15, 0.2) is 22.0 Å². The van der Waals surface area contributed by atoms with Crippen molar-refractivity contribution in [3.05, 3.63) is 40.7 Å². The van der Waals surface area contributed by atoms with Gasteiger partial charge in [-0.25, -0.2) is 0 Å². The summed E-state index contributed by atoms with van der Waals surface area (Å²) >= 11 is 6.81. The molecule has 8 atom stereocenters. The molecule has 11 nitrogen and oxygen atoms in total. The lowest BCUT2D eigenvalue weighted by molar-refractivity contribution is -0.328. The highest BCUT2D eigenvalue weighted by molar-refractivity contribution is 6.41. The number of primary amides is 1. The Labute approximate surface area is 198 Å². The number of aromatic hydroxyl groups is 1. The fraction of sp³-hybridized carbons (Fsp3) is 0.500. The molecule has 4 aliphatic rings. The molecule has 1 saturated carbocycles. The van der Waals surface area contributed by atoms with Crippen LogP contribution in [-0.2, 0) is 19.9 Å². The van der Waals surface area contributed by atoms with E-state index >= 15 is 0 Å². The van der Waals surface area contributed by atoms with E-state index in [9.17, 15) is 39.9 Å². The number of hydrogen-bond donors (Lipinski definition) is 6. The van der Waals surface area contributed by atoms with Crippen LogP contribution in [0.4, 0.5) is 0 Å². The molecule has 2 fully saturated rings. The zero-order valence-electron chi connectivity index (χ0n) is 18.3. The Kier molecular flexibility index (Phi) is 4.34. The van der Waals surface area contributed by atoms with Crippen LogP contribution in [0.3, 0.4) is 0 Å². The van der Waals surface area contributed by atoms with Crippen molar-refractivity contribution in [3.63, 3.8) is 0 Å². The number of aliphatic hydroxyl groups excluding tert-OH is 2. The Morgan fingerprint density at radius 2 is 1.82 bits per heavy atom. The maximum Gasteiger partial charge on any atom is 0.255 e. The van der Waals surface area contributed by atoms with Gasteiger partial charge in [0, 0.05) is 5.92 Å². The first-order valence-electron chi connectivity index (χ1n) is 10.5. The molecule has 1 aromatic carbocycles. The molecule has 34 heavy (non-hydrogen) atoms. The summed E-state index contributed by atoms with van der Waals surface area (Å²) in [6.45, 7) is 1.41. The Hall–Kier alpha value is -2.54. The Balaban J connectivity index is 1.91. The Bertz CT molecular complexity index is 1230. The third-order valence-electron chi connectivity index (χ3n) is 7.97. The fourth-order valence-electron chi connectivity index (χ4n) is 6.67. The second-order valence-electron chi connectivity index (χ2n) is 9.71. The van der Waals surface area contributed by atoms with Gasteiger partial charge in [0.2, 0.25) is 5.79 Å². The lowest BCUT2D eigenvalue weighted by atomic mass is 9.50. The average Bonchev–Trinajstić information content (AvgIpc) is 2.85. The summed E-state index contributed by atoms with van der Waals surface area (Å²) in [7, 11) is 2.85. The third kappa shape index (κ3) is 2.07. The summed E-state index contributed by atoms with van der Waals surface area (Å²) in [4.78, 5) is 37.7. The quantitative estimate of drug-likeness (QED) is 0.211. The van der Waals surface area contributed by atoms with Gasteiger partial charge in [0.05, 0.1) is 23.6 Å². The first-order chi connectivity index (χ1) is 15.6. The molecule has 1 aliphatic heterocycles. The number of likely N-dealkylation sites (N-methyl/N-ethyl adjacent to an activating group) is 1. The number of ketones is 2. The normalized spacial score (nSPS) is 44.8. The number of phenols is 1.